The van der Waals surface area contributed by atoms with Crippen molar-refractivity contribution in [2.75, 3.05) is 18.5 Å². The lowest BCUT2D eigenvalue weighted by atomic mass is 9.82. The third-order valence-electron chi connectivity index (χ3n) is 5.43. The van der Waals surface area contributed by atoms with Crippen LogP contribution in [-0.2, 0) is 0 Å². The number of aryl methyl sites for hydroxylation is 1. The molecule has 0 spiro atoms. The molecule has 1 N–H and O–H groups in total. The Balaban J connectivity index is 2.61. The molecule has 1 unspecified atom stereocenters. The number of ether oxygens (including phenoxy) is 1. The van der Waals surface area contributed by atoms with Gasteiger partial charge in [0.15, 0.2) is 0 Å². The van der Waals surface area contributed by atoms with Crippen LogP contribution in [-0.4, -0.2) is 13.2 Å². The van der Waals surface area contributed by atoms with Gasteiger partial charge >= 0.3 is 0 Å². The Kier molecular flexibility index (Phi) is 8.89. The summed E-state index contributed by atoms with van der Waals surface area (Å²) in [6.45, 7) is 15.1. The van der Waals surface area contributed by atoms with Crippen molar-refractivity contribution >= 4 is 5.69 Å². The topological polar surface area (TPSA) is 21.3 Å². The van der Waals surface area contributed by atoms with Crippen LogP contribution in [0.1, 0.15) is 77.3 Å². The summed E-state index contributed by atoms with van der Waals surface area (Å²) in [5.41, 5.74) is 6.65. The molecular formula is C26H39NO. The minimum atomic E-state index is 0.598. The van der Waals surface area contributed by atoms with Crippen molar-refractivity contribution in [1.82, 2.24) is 0 Å². The average Bonchev–Trinajstić information content (AvgIpc) is 2.67. The van der Waals surface area contributed by atoms with Gasteiger partial charge in [-0.1, -0.05) is 63.9 Å². The summed E-state index contributed by atoms with van der Waals surface area (Å²) in [6.07, 6.45) is 4.98. The number of hydrogen-bond acceptors (Lipinski definition) is 2. The lowest BCUT2D eigenvalue weighted by Gasteiger charge is -2.26. The Bertz CT molecular complexity index is 735. The molecule has 28 heavy (non-hydrogen) atoms. The lowest BCUT2D eigenvalue weighted by Crippen LogP contribution is -2.10. The van der Waals surface area contributed by atoms with E-state index >= 15 is 0 Å². The smallest absolute Gasteiger partial charge is 0.127 e. The first-order valence-corrected chi connectivity index (χ1v) is 11.1. The number of para-hydroxylation sites is 1. The zero-order valence-electron chi connectivity index (χ0n) is 18.8. The van der Waals surface area contributed by atoms with E-state index in [4.69, 9.17) is 4.74 Å². The molecule has 0 aliphatic heterocycles. The van der Waals surface area contributed by atoms with Crippen LogP contribution in [0.2, 0.25) is 0 Å². The van der Waals surface area contributed by atoms with Crippen molar-refractivity contribution in [3.05, 3.63) is 47.5 Å². The van der Waals surface area contributed by atoms with Crippen molar-refractivity contribution < 1.29 is 4.74 Å². The molecule has 0 heterocycles. The van der Waals surface area contributed by atoms with Gasteiger partial charge in [-0.05, 0) is 62.6 Å². The summed E-state index contributed by atoms with van der Waals surface area (Å²) in [4.78, 5) is 0. The van der Waals surface area contributed by atoms with Crippen LogP contribution in [0.25, 0.3) is 11.1 Å². The van der Waals surface area contributed by atoms with Crippen molar-refractivity contribution in [3.63, 3.8) is 0 Å². The largest absolute Gasteiger partial charge is 0.493 e. The Hall–Kier alpha value is -1.96. The lowest BCUT2D eigenvalue weighted by molar-refractivity contribution is 0.341. The van der Waals surface area contributed by atoms with Gasteiger partial charge < -0.3 is 10.1 Å². The average molecular weight is 382 g/mol. The molecule has 0 fully saturated rings. The third-order valence-corrected chi connectivity index (χ3v) is 5.43. The molecule has 0 aromatic heterocycles. The van der Waals surface area contributed by atoms with Crippen LogP contribution in [0.5, 0.6) is 5.75 Å². The standard InChI is InChI=1S/C26H39NO/c1-7-12-21(17-15-19(4)5)25-20(6)16-18-23(26(25)27-8-2)22-13-10-11-14-24(22)28-9-3/h10-11,13-14,16,18-19,21,27H,7-9,12,15,17H2,1-6H3. The van der Waals surface area contributed by atoms with E-state index in [9.17, 15) is 0 Å². The van der Waals surface area contributed by atoms with Crippen molar-refractivity contribution in [1.29, 1.82) is 0 Å². The quantitative estimate of drug-likeness (QED) is 0.428. The third kappa shape index (κ3) is 5.53. The van der Waals surface area contributed by atoms with Gasteiger partial charge in [0.05, 0.1) is 6.61 Å². The summed E-state index contributed by atoms with van der Waals surface area (Å²) >= 11 is 0. The molecule has 0 aliphatic rings. The normalized spacial score (nSPS) is 12.2. The second kappa shape index (κ2) is 11.1. The summed E-state index contributed by atoms with van der Waals surface area (Å²) in [5, 5.41) is 3.72. The highest BCUT2D eigenvalue weighted by Crippen LogP contribution is 2.43. The predicted octanol–water partition coefficient (Wildman–Crippen LogP) is 7.81. The fourth-order valence-corrected chi connectivity index (χ4v) is 4.13. The van der Waals surface area contributed by atoms with Gasteiger partial charge in [0.1, 0.15) is 5.75 Å². The second-order valence-electron chi connectivity index (χ2n) is 8.13. The zero-order valence-corrected chi connectivity index (χ0v) is 18.8. The van der Waals surface area contributed by atoms with E-state index in [2.05, 4.69) is 76.3 Å². The number of rotatable bonds is 11. The van der Waals surface area contributed by atoms with E-state index < -0.39 is 0 Å². The molecule has 2 aromatic rings. The molecule has 0 saturated carbocycles. The molecule has 0 amide bonds. The molecule has 0 saturated heterocycles. The maximum absolute atomic E-state index is 5.95. The molecular weight excluding hydrogens is 342 g/mol. The fraction of sp³-hybridized carbons (Fsp3) is 0.538. The van der Waals surface area contributed by atoms with Crippen molar-refractivity contribution in [2.45, 2.75) is 73.1 Å². The zero-order chi connectivity index (χ0) is 20.5. The van der Waals surface area contributed by atoms with Crippen LogP contribution in [0.4, 0.5) is 5.69 Å². The Morgan fingerprint density at radius 3 is 2.29 bits per heavy atom. The van der Waals surface area contributed by atoms with Gasteiger partial charge in [0.25, 0.3) is 0 Å². The Morgan fingerprint density at radius 2 is 1.64 bits per heavy atom. The highest BCUT2D eigenvalue weighted by atomic mass is 16.5. The molecule has 1 atom stereocenters. The Labute approximate surface area is 172 Å². The number of anilines is 1. The van der Waals surface area contributed by atoms with E-state index in [1.165, 1.54) is 53.6 Å². The molecule has 0 bridgehead atoms. The monoisotopic (exact) mass is 381 g/mol. The van der Waals surface area contributed by atoms with Crippen LogP contribution in [0.3, 0.4) is 0 Å². The van der Waals surface area contributed by atoms with Gasteiger partial charge in [-0.15, -0.1) is 0 Å². The van der Waals surface area contributed by atoms with Crippen LogP contribution in [0, 0.1) is 12.8 Å². The Morgan fingerprint density at radius 1 is 0.893 bits per heavy atom. The van der Waals surface area contributed by atoms with E-state index in [1.807, 2.05) is 6.92 Å². The molecule has 0 radical (unpaired) electrons. The molecule has 154 valence electrons. The van der Waals surface area contributed by atoms with Crippen molar-refractivity contribution in [2.24, 2.45) is 5.92 Å². The van der Waals surface area contributed by atoms with E-state index in [1.54, 1.807) is 0 Å². The van der Waals surface area contributed by atoms with E-state index in [0.717, 1.165) is 18.2 Å². The maximum Gasteiger partial charge on any atom is 0.127 e. The second-order valence-corrected chi connectivity index (χ2v) is 8.13. The van der Waals surface area contributed by atoms with Crippen LogP contribution in [0.15, 0.2) is 36.4 Å². The minimum Gasteiger partial charge on any atom is -0.493 e. The summed E-state index contributed by atoms with van der Waals surface area (Å²) in [5.74, 6) is 2.30. The van der Waals surface area contributed by atoms with Gasteiger partial charge in [-0.2, -0.15) is 0 Å². The fourth-order valence-electron chi connectivity index (χ4n) is 4.13. The van der Waals surface area contributed by atoms with Gasteiger partial charge in [-0.3, -0.25) is 0 Å². The van der Waals surface area contributed by atoms with E-state index in [-0.39, 0.29) is 0 Å². The maximum atomic E-state index is 5.95. The molecule has 0 aliphatic carbocycles. The molecule has 2 nitrogen and oxygen atoms in total. The van der Waals surface area contributed by atoms with Gasteiger partial charge in [0.2, 0.25) is 0 Å². The number of nitrogens with one attached hydrogen (secondary N) is 1. The van der Waals surface area contributed by atoms with Gasteiger partial charge in [-0.25, -0.2) is 0 Å². The summed E-state index contributed by atoms with van der Waals surface area (Å²) in [6, 6.07) is 13.0. The summed E-state index contributed by atoms with van der Waals surface area (Å²) in [7, 11) is 0. The first-order valence-electron chi connectivity index (χ1n) is 11.1. The highest BCUT2D eigenvalue weighted by molar-refractivity contribution is 5.84. The van der Waals surface area contributed by atoms with Crippen molar-refractivity contribution in [3.8, 4) is 16.9 Å². The van der Waals surface area contributed by atoms with E-state index in [0.29, 0.717) is 12.5 Å². The molecule has 2 heteroatoms. The summed E-state index contributed by atoms with van der Waals surface area (Å²) < 4.78 is 5.95. The minimum absolute atomic E-state index is 0.598. The molecule has 2 aromatic carbocycles. The SMILES string of the molecule is CCCC(CCC(C)C)c1c(C)ccc(-c2ccccc2OCC)c1NCC. The first kappa shape index (κ1) is 22.3. The number of hydrogen-bond donors (Lipinski definition) is 1. The van der Waals surface area contributed by atoms with Crippen LogP contribution < -0.4 is 10.1 Å². The highest BCUT2D eigenvalue weighted by Gasteiger charge is 2.21. The number of benzene rings is 2. The molecule has 2 rings (SSSR count). The predicted molar refractivity (Wildman–Crippen MR) is 124 cm³/mol. The van der Waals surface area contributed by atoms with Crippen LogP contribution >= 0.6 is 0 Å². The first-order chi connectivity index (χ1) is 13.5. The van der Waals surface area contributed by atoms with Gasteiger partial charge in [0, 0.05) is 23.4 Å².